The van der Waals surface area contributed by atoms with Crippen LogP contribution in [0.2, 0.25) is 10.0 Å². The van der Waals surface area contributed by atoms with E-state index >= 15 is 0 Å². The van der Waals surface area contributed by atoms with Crippen LogP contribution in [0.5, 0.6) is 0 Å². The number of nitrogens with one attached hydrogen (secondary N) is 1. The van der Waals surface area contributed by atoms with Gasteiger partial charge in [-0.25, -0.2) is 0 Å². The zero-order chi connectivity index (χ0) is 14.7. The lowest BCUT2D eigenvalue weighted by atomic mass is 10.2. The molecule has 0 radical (unpaired) electrons. The molecule has 110 valence electrons. The van der Waals surface area contributed by atoms with Crippen molar-refractivity contribution in [2.75, 3.05) is 31.1 Å². The van der Waals surface area contributed by atoms with Gasteiger partial charge in [-0.05, 0) is 30.3 Å². The molecular weight excluding hydrogens is 303 g/mol. The van der Waals surface area contributed by atoms with Crippen LogP contribution in [0, 0.1) is 0 Å². The summed E-state index contributed by atoms with van der Waals surface area (Å²) in [5.41, 5.74) is 2.50. The molecule has 4 heteroatoms. The van der Waals surface area contributed by atoms with Gasteiger partial charge in [0, 0.05) is 21.3 Å². The third-order valence-electron chi connectivity index (χ3n) is 4.06. The van der Waals surface area contributed by atoms with E-state index in [0.29, 0.717) is 0 Å². The van der Waals surface area contributed by atoms with Crippen LogP contribution in [0.1, 0.15) is 5.56 Å². The van der Waals surface area contributed by atoms with Crippen LogP contribution in [-0.2, 0) is 6.54 Å². The summed E-state index contributed by atoms with van der Waals surface area (Å²) in [6.45, 7) is 5.42. The van der Waals surface area contributed by atoms with Gasteiger partial charge in [0.2, 0.25) is 0 Å². The van der Waals surface area contributed by atoms with Crippen molar-refractivity contribution in [2.24, 2.45) is 0 Å². The fraction of sp³-hybridized carbons (Fsp3) is 0.294. The number of hydrogen-bond donors (Lipinski definition) is 1. The minimum Gasteiger partial charge on any atom is -0.360 e. The zero-order valence-electron chi connectivity index (χ0n) is 11.9. The fourth-order valence-electron chi connectivity index (χ4n) is 2.82. The molecule has 2 nitrogen and oxygen atoms in total. The third-order valence-corrected chi connectivity index (χ3v) is 4.68. The lowest BCUT2D eigenvalue weighted by Crippen LogP contribution is -3.13. The average molecular weight is 322 g/mol. The Morgan fingerprint density at radius 1 is 0.905 bits per heavy atom. The second-order valence-electron chi connectivity index (χ2n) is 5.48. The molecule has 2 aromatic carbocycles. The molecule has 0 saturated carbocycles. The van der Waals surface area contributed by atoms with Crippen molar-refractivity contribution in [3.05, 3.63) is 64.1 Å². The van der Waals surface area contributed by atoms with Crippen molar-refractivity contribution in [1.82, 2.24) is 0 Å². The molecule has 1 fully saturated rings. The highest BCUT2D eigenvalue weighted by atomic mass is 35.5. The van der Waals surface area contributed by atoms with Gasteiger partial charge in [0.05, 0.1) is 26.2 Å². The summed E-state index contributed by atoms with van der Waals surface area (Å²) in [7, 11) is 0. The Morgan fingerprint density at radius 3 is 2.24 bits per heavy atom. The van der Waals surface area contributed by atoms with Crippen LogP contribution in [0.25, 0.3) is 0 Å². The third kappa shape index (κ3) is 3.70. The number of rotatable bonds is 3. The molecule has 21 heavy (non-hydrogen) atoms. The smallest absolute Gasteiger partial charge is 0.104 e. The largest absolute Gasteiger partial charge is 0.360 e. The maximum absolute atomic E-state index is 6.25. The van der Waals surface area contributed by atoms with Crippen LogP contribution >= 0.6 is 23.2 Å². The Labute approximate surface area is 135 Å². The van der Waals surface area contributed by atoms with Crippen molar-refractivity contribution >= 4 is 28.9 Å². The van der Waals surface area contributed by atoms with Gasteiger partial charge in [-0.3, -0.25) is 0 Å². The number of anilines is 1. The summed E-state index contributed by atoms with van der Waals surface area (Å²) in [5, 5.41) is 1.67. The van der Waals surface area contributed by atoms with Gasteiger partial charge >= 0.3 is 0 Å². The molecule has 0 atom stereocenters. The summed E-state index contributed by atoms with van der Waals surface area (Å²) < 4.78 is 0. The number of piperazine rings is 1. The van der Waals surface area contributed by atoms with Crippen LogP contribution in [0.15, 0.2) is 48.5 Å². The van der Waals surface area contributed by atoms with Gasteiger partial charge < -0.3 is 9.80 Å². The SMILES string of the molecule is Clc1ccc(N2CC[NH+](Cc3ccccc3Cl)CC2)cc1. The average Bonchev–Trinajstić information content (AvgIpc) is 2.51. The topological polar surface area (TPSA) is 7.68 Å². The van der Waals surface area contributed by atoms with Gasteiger partial charge in [0.25, 0.3) is 0 Å². The van der Waals surface area contributed by atoms with Gasteiger partial charge in [-0.1, -0.05) is 41.4 Å². The zero-order valence-corrected chi connectivity index (χ0v) is 13.4. The van der Waals surface area contributed by atoms with Gasteiger partial charge in [-0.15, -0.1) is 0 Å². The van der Waals surface area contributed by atoms with Gasteiger partial charge in [-0.2, -0.15) is 0 Å². The summed E-state index contributed by atoms with van der Waals surface area (Å²) in [4.78, 5) is 4.01. The highest BCUT2D eigenvalue weighted by Gasteiger charge is 2.20. The number of halogens is 2. The Morgan fingerprint density at radius 2 is 1.57 bits per heavy atom. The molecule has 1 N–H and O–H groups in total. The number of nitrogens with zero attached hydrogens (tertiary/aromatic N) is 1. The van der Waals surface area contributed by atoms with Crippen LogP contribution in [0.3, 0.4) is 0 Å². The fourth-order valence-corrected chi connectivity index (χ4v) is 3.15. The Kier molecular flexibility index (Phi) is 4.69. The van der Waals surface area contributed by atoms with Crippen molar-refractivity contribution in [3.63, 3.8) is 0 Å². The minimum absolute atomic E-state index is 0.793. The molecule has 1 saturated heterocycles. The van der Waals surface area contributed by atoms with Crippen LogP contribution in [-0.4, -0.2) is 26.2 Å². The van der Waals surface area contributed by atoms with Gasteiger partial charge in [0.1, 0.15) is 6.54 Å². The lowest BCUT2D eigenvalue weighted by Gasteiger charge is -2.33. The molecule has 0 aliphatic carbocycles. The molecular formula is C17H19Cl2N2+. The van der Waals surface area contributed by atoms with Gasteiger partial charge in [0.15, 0.2) is 0 Å². The highest BCUT2D eigenvalue weighted by molar-refractivity contribution is 6.31. The molecule has 0 spiro atoms. The second kappa shape index (κ2) is 6.69. The molecule has 2 aromatic rings. The molecule has 1 heterocycles. The summed E-state index contributed by atoms with van der Waals surface area (Å²) in [6.07, 6.45) is 0. The molecule has 0 amide bonds. The van der Waals surface area contributed by atoms with Crippen molar-refractivity contribution in [3.8, 4) is 0 Å². The maximum atomic E-state index is 6.25. The second-order valence-corrected chi connectivity index (χ2v) is 6.33. The van der Waals surface area contributed by atoms with E-state index in [1.54, 1.807) is 4.90 Å². The van der Waals surface area contributed by atoms with Crippen LogP contribution in [0.4, 0.5) is 5.69 Å². The van der Waals surface area contributed by atoms with E-state index in [1.807, 2.05) is 24.3 Å². The first-order valence-corrected chi connectivity index (χ1v) is 8.05. The van der Waals surface area contributed by atoms with E-state index in [2.05, 4.69) is 29.2 Å². The molecule has 1 aliphatic heterocycles. The van der Waals surface area contributed by atoms with E-state index in [9.17, 15) is 0 Å². The highest BCUT2D eigenvalue weighted by Crippen LogP contribution is 2.18. The monoisotopic (exact) mass is 321 g/mol. The Bertz CT molecular complexity index is 590. The Hall–Kier alpha value is -1.22. The van der Waals surface area contributed by atoms with E-state index in [1.165, 1.54) is 11.3 Å². The van der Waals surface area contributed by atoms with Crippen molar-refractivity contribution < 1.29 is 4.90 Å². The quantitative estimate of drug-likeness (QED) is 0.913. The number of quaternary nitrogens is 1. The molecule has 0 bridgehead atoms. The van der Waals surface area contributed by atoms with E-state index < -0.39 is 0 Å². The normalized spacial score (nSPS) is 16.2. The van der Waals surface area contributed by atoms with Crippen molar-refractivity contribution in [2.45, 2.75) is 6.54 Å². The number of benzene rings is 2. The first kappa shape index (κ1) is 14.7. The van der Waals surface area contributed by atoms with E-state index in [0.717, 1.165) is 42.8 Å². The maximum Gasteiger partial charge on any atom is 0.104 e. The molecule has 0 aromatic heterocycles. The lowest BCUT2D eigenvalue weighted by molar-refractivity contribution is -0.914. The Balaban J connectivity index is 1.58. The number of hydrogen-bond acceptors (Lipinski definition) is 1. The predicted octanol–water partition coefficient (Wildman–Crippen LogP) is 2.90. The first-order chi connectivity index (χ1) is 10.2. The standard InChI is InChI=1S/C17H18Cl2N2/c18-15-5-7-16(8-6-15)21-11-9-20(10-12-21)13-14-3-1-2-4-17(14)19/h1-8H,9-13H2/p+1. The first-order valence-electron chi connectivity index (χ1n) is 7.30. The molecule has 3 rings (SSSR count). The molecule has 0 unspecified atom stereocenters. The summed E-state index contributed by atoms with van der Waals surface area (Å²) in [6, 6.07) is 16.3. The van der Waals surface area contributed by atoms with Crippen LogP contribution < -0.4 is 9.80 Å². The van der Waals surface area contributed by atoms with E-state index in [4.69, 9.17) is 23.2 Å². The predicted molar refractivity (Wildman–Crippen MR) is 89.5 cm³/mol. The summed E-state index contributed by atoms with van der Waals surface area (Å²) >= 11 is 12.2. The minimum atomic E-state index is 0.793. The molecule has 1 aliphatic rings. The van der Waals surface area contributed by atoms with Crippen molar-refractivity contribution in [1.29, 1.82) is 0 Å². The van der Waals surface area contributed by atoms with E-state index in [-0.39, 0.29) is 0 Å². The summed E-state index contributed by atoms with van der Waals surface area (Å²) in [5.74, 6) is 0.